The Morgan fingerprint density at radius 3 is 2.95 bits per heavy atom. The van der Waals surface area contributed by atoms with Crippen LogP contribution in [0.25, 0.3) is 0 Å². The molecule has 1 aliphatic heterocycles. The van der Waals surface area contributed by atoms with Crippen molar-refractivity contribution in [3.05, 3.63) is 47.4 Å². The Morgan fingerprint density at radius 1 is 1.40 bits per heavy atom. The van der Waals surface area contributed by atoms with Gasteiger partial charge in [0.2, 0.25) is 0 Å². The fraction of sp³-hybridized carbons (Fsp3) is 0.438. The molecule has 0 radical (unpaired) electrons. The fourth-order valence-corrected chi connectivity index (χ4v) is 2.82. The Labute approximate surface area is 118 Å². The Morgan fingerprint density at radius 2 is 2.20 bits per heavy atom. The molecule has 0 aliphatic carbocycles. The van der Waals surface area contributed by atoms with Gasteiger partial charge in [-0.25, -0.2) is 9.07 Å². The minimum atomic E-state index is -0.147. The first-order valence-electron chi connectivity index (χ1n) is 7.22. The van der Waals surface area contributed by atoms with E-state index in [0.717, 1.165) is 36.5 Å². The van der Waals surface area contributed by atoms with E-state index in [1.165, 1.54) is 6.07 Å². The first-order valence-corrected chi connectivity index (χ1v) is 7.22. The summed E-state index contributed by atoms with van der Waals surface area (Å²) in [5.74, 6) is 1.42. The highest BCUT2D eigenvalue weighted by Crippen LogP contribution is 2.31. The summed E-state index contributed by atoms with van der Waals surface area (Å²) in [6.07, 6.45) is 1.81. The average Bonchev–Trinajstić information content (AvgIpc) is 2.80. The Bertz CT molecular complexity index is 604. The molecule has 106 valence electrons. The molecular formula is C16H20FN3. The number of aromatic nitrogens is 2. The van der Waals surface area contributed by atoms with E-state index in [-0.39, 0.29) is 11.9 Å². The summed E-state index contributed by atoms with van der Waals surface area (Å²) in [6.45, 7) is 5.21. The van der Waals surface area contributed by atoms with Crippen LogP contribution < -0.4 is 5.32 Å². The first-order chi connectivity index (χ1) is 9.65. The predicted molar refractivity (Wildman–Crippen MR) is 78.4 cm³/mol. The lowest BCUT2D eigenvalue weighted by molar-refractivity contribution is 0.453. The third-order valence-corrected chi connectivity index (χ3v) is 3.69. The van der Waals surface area contributed by atoms with Crippen molar-refractivity contribution in [1.82, 2.24) is 9.78 Å². The van der Waals surface area contributed by atoms with Crippen molar-refractivity contribution in [3.63, 3.8) is 0 Å². The summed E-state index contributed by atoms with van der Waals surface area (Å²) in [5, 5.41) is 8.03. The SMILES string of the molecule is CC(C)Cc1cc2n(n1)C(c1ccccc1F)CCN2. The fourth-order valence-electron chi connectivity index (χ4n) is 2.82. The van der Waals surface area contributed by atoms with Gasteiger partial charge in [0.15, 0.2) is 0 Å². The van der Waals surface area contributed by atoms with Gasteiger partial charge in [-0.05, 0) is 24.8 Å². The smallest absolute Gasteiger partial charge is 0.128 e. The molecule has 3 rings (SSSR count). The van der Waals surface area contributed by atoms with Crippen molar-refractivity contribution < 1.29 is 4.39 Å². The maximum atomic E-state index is 14.0. The summed E-state index contributed by atoms with van der Waals surface area (Å²) in [6, 6.07) is 9.09. The lowest BCUT2D eigenvalue weighted by atomic mass is 10.0. The van der Waals surface area contributed by atoms with Crippen LogP contribution >= 0.6 is 0 Å². The highest BCUT2D eigenvalue weighted by Gasteiger charge is 2.25. The van der Waals surface area contributed by atoms with Gasteiger partial charge in [0.1, 0.15) is 11.6 Å². The number of nitrogens with one attached hydrogen (secondary N) is 1. The molecule has 0 fully saturated rings. The summed E-state index contributed by atoms with van der Waals surface area (Å²) < 4.78 is 16.0. The number of hydrogen-bond acceptors (Lipinski definition) is 2. The number of benzene rings is 1. The van der Waals surface area contributed by atoms with Gasteiger partial charge < -0.3 is 5.32 Å². The zero-order chi connectivity index (χ0) is 14.1. The van der Waals surface area contributed by atoms with Crippen molar-refractivity contribution in [2.45, 2.75) is 32.7 Å². The van der Waals surface area contributed by atoms with Crippen molar-refractivity contribution in [2.24, 2.45) is 5.92 Å². The van der Waals surface area contributed by atoms with E-state index in [9.17, 15) is 4.39 Å². The monoisotopic (exact) mass is 273 g/mol. The van der Waals surface area contributed by atoms with Gasteiger partial charge in [-0.2, -0.15) is 5.10 Å². The molecule has 0 spiro atoms. The molecule has 1 aromatic carbocycles. The summed E-state index contributed by atoms with van der Waals surface area (Å²) >= 11 is 0. The highest BCUT2D eigenvalue weighted by atomic mass is 19.1. The normalized spacial score (nSPS) is 17.9. The van der Waals surface area contributed by atoms with Gasteiger partial charge in [-0.15, -0.1) is 0 Å². The maximum Gasteiger partial charge on any atom is 0.128 e. The Balaban J connectivity index is 1.97. The van der Waals surface area contributed by atoms with E-state index in [1.54, 1.807) is 6.07 Å². The van der Waals surface area contributed by atoms with E-state index >= 15 is 0 Å². The lowest BCUT2D eigenvalue weighted by Crippen LogP contribution is -2.25. The lowest BCUT2D eigenvalue weighted by Gasteiger charge is -2.26. The van der Waals surface area contributed by atoms with E-state index in [4.69, 9.17) is 0 Å². The summed E-state index contributed by atoms with van der Waals surface area (Å²) in [7, 11) is 0. The average molecular weight is 273 g/mol. The van der Waals surface area contributed by atoms with Crippen LogP contribution in [0.15, 0.2) is 30.3 Å². The molecule has 1 atom stereocenters. The molecule has 0 saturated carbocycles. The molecule has 4 heteroatoms. The van der Waals surface area contributed by atoms with Crippen molar-refractivity contribution in [1.29, 1.82) is 0 Å². The number of anilines is 1. The van der Waals surface area contributed by atoms with Gasteiger partial charge in [0, 0.05) is 18.2 Å². The second-order valence-corrected chi connectivity index (χ2v) is 5.82. The van der Waals surface area contributed by atoms with Crippen molar-refractivity contribution in [2.75, 3.05) is 11.9 Å². The molecule has 3 nitrogen and oxygen atoms in total. The largest absolute Gasteiger partial charge is 0.370 e. The Kier molecular flexibility index (Phi) is 3.47. The number of halogens is 1. The molecule has 2 aromatic rings. The molecule has 0 bridgehead atoms. The van der Waals surface area contributed by atoms with Crippen LogP contribution in [-0.4, -0.2) is 16.3 Å². The second-order valence-electron chi connectivity index (χ2n) is 5.82. The van der Waals surface area contributed by atoms with Crippen LogP contribution in [0.3, 0.4) is 0 Å². The molecular weight excluding hydrogens is 253 g/mol. The quantitative estimate of drug-likeness (QED) is 0.925. The van der Waals surface area contributed by atoms with Gasteiger partial charge in [0.05, 0.1) is 11.7 Å². The first kappa shape index (κ1) is 13.2. The molecule has 1 aromatic heterocycles. The molecule has 1 aliphatic rings. The number of fused-ring (bicyclic) bond motifs is 1. The summed E-state index contributed by atoms with van der Waals surface area (Å²) in [4.78, 5) is 0. The van der Waals surface area contributed by atoms with Crippen LogP contribution in [0.5, 0.6) is 0 Å². The van der Waals surface area contributed by atoms with Crippen LogP contribution in [0.1, 0.15) is 37.6 Å². The molecule has 0 amide bonds. The number of rotatable bonds is 3. The maximum absolute atomic E-state index is 14.0. The van der Waals surface area contributed by atoms with Gasteiger partial charge >= 0.3 is 0 Å². The van der Waals surface area contributed by atoms with Crippen LogP contribution in [0.4, 0.5) is 10.2 Å². The number of nitrogens with zero attached hydrogens (tertiary/aromatic N) is 2. The highest BCUT2D eigenvalue weighted by molar-refractivity contribution is 5.41. The van der Waals surface area contributed by atoms with E-state index in [1.807, 2.05) is 16.8 Å². The second kappa shape index (κ2) is 5.27. The summed E-state index contributed by atoms with van der Waals surface area (Å²) in [5.41, 5.74) is 1.81. The topological polar surface area (TPSA) is 29.9 Å². The van der Waals surface area contributed by atoms with Crippen LogP contribution in [0, 0.1) is 11.7 Å². The zero-order valence-electron chi connectivity index (χ0n) is 11.9. The van der Waals surface area contributed by atoms with Crippen LogP contribution in [0.2, 0.25) is 0 Å². The van der Waals surface area contributed by atoms with Gasteiger partial charge in [0.25, 0.3) is 0 Å². The Hall–Kier alpha value is -1.84. The van der Waals surface area contributed by atoms with E-state index < -0.39 is 0 Å². The van der Waals surface area contributed by atoms with Crippen molar-refractivity contribution in [3.8, 4) is 0 Å². The zero-order valence-corrected chi connectivity index (χ0v) is 11.9. The van der Waals surface area contributed by atoms with Crippen LogP contribution in [-0.2, 0) is 6.42 Å². The third kappa shape index (κ3) is 2.42. The minimum absolute atomic E-state index is 0.00615. The molecule has 0 saturated heterocycles. The van der Waals surface area contributed by atoms with Crippen molar-refractivity contribution >= 4 is 5.82 Å². The number of hydrogen-bond donors (Lipinski definition) is 1. The molecule has 1 N–H and O–H groups in total. The van der Waals surface area contributed by atoms with Gasteiger partial charge in [-0.3, -0.25) is 0 Å². The predicted octanol–water partition coefficient (Wildman–Crippen LogP) is 3.63. The standard InChI is InChI=1S/C16H20FN3/c1-11(2)9-12-10-16-18-8-7-15(20(16)19-12)13-5-3-4-6-14(13)17/h3-6,10-11,15,18H,7-9H2,1-2H3. The molecule has 2 heterocycles. The minimum Gasteiger partial charge on any atom is -0.370 e. The molecule has 1 unspecified atom stereocenters. The van der Waals surface area contributed by atoms with E-state index in [0.29, 0.717) is 5.92 Å². The van der Waals surface area contributed by atoms with E-state index in [2.05, 4.69) is 30.3 Å². The van der Waals surface area contributed by atoms with Gasteiger partial charge in [-0.1, -0.05) is 32.0 Å². The molecule has 20 heavy (non-hydrogen) atoms. The third-order valence-electron chi connectivity index (χ3n) is 3.69.